The summed E-state index contributed by atoms with van der Waals surface area (Å²) in [7, 11) is 0. The molecule has 11 heavy (non-hydrogen) atoms. The first-order chi connectivity index (χ1) is 4.50. The molecule has 8 heteroatoms. The van der Waals surface area contributed by atoms with Crippen molar-refractivity contribution in [2.24, 2.45) is 0 Å². The lowest BCUT2D eigenvalue weighted by Gasteiger charge is -2.24. The van der Waals surface area contributed by atoms with E-state index in [0.29, 0.717) is 0 Å². The molecule has 0 aliphatic rings. The second-order valence-electron chi connectivity index (χ2n) is 1.57. The molecule has 0 rings (SSSR count). The predicted molar refractivity (Wildman–Crippen MR) is 34.7 cm³/mol. The first kappa shape index (κ1) is 11.6. The first-order valence-electron chi connectivity index (χ1n) is 2.01. The summed E-state index contributed by atoms with van der Waals surface area (Å²) in [6.45, 7) is 0. The topological polar surface area (TPSA) is 0 Å². The standard InChI is InChI=1S/C3ClF6I/c4-1(5,2(6,7)8)3(9,10)11. The monoisotopic (exact) mass is 312 g/mol. The summed E-state index contributed by atoms with van der Waals surface area (Å²) < 4.78 is 64.8. The SMILES string of the molecule is FC(F)(F)C(F)(Cl)C(F)(F)I. The maximum Gasteiger partial charge on any atom is 0.444 e. The van der Waals surface area contributed by atoms with E-state index in [1.165, 1.54) is 0 Å². The van der Waals surface area contributed by atoms with E-state index in [4.69, 9.17) is 0 Å². The highest BCUT2D eigenvalue weighted by molar-refractivity contribution is 14.1. The van der Waals surface area contributed by atoms with Crippen molar-refractivity contribution in [1.29, 1.82) is 0 Å². The minimum atomic E-state index is -5.78. The second kappa shape index (κ2) is 2.82. The maximum atomic E-state index is 12.0. The van der Waals surface area contributed by atoms with Crippen LogP contribution in [0.4, 0.5) is 26.3 Å². The van der Waals surface area contributed by atoms with Crippen LogP contribution in [0.5, 0.6) is 0 Å². The summed E-state index contributed by atoms with van der Waals surface area (Å²) in [5, 5.41) is -5.00. The van der Waals surface area contributed by atoms with Crippen LogP contribution >= 0.6 is 34.2 Å². The Hall–Kier alpha value is 0.600. The van der Waals surface area contributed by atoms with Crippen molar-refractivity contribution in [1.82, 2.24) is 0 Å². The number of hydrogen-bond donors (Lipinski definition) is 0. The molecule has 0 aliphatic heterocycles. The highest BCUT2D eigenvalue weighted by Crippen LogP contribution is 2.51. The van der Waals surface area contributed by atoms with Crippen LogP contribution in [-0.4, -0.2) is 15.2 Å². The summed E-state index contributed by atoms with van der Waals surface area (Å²) in [5.41, 5.74) is 0. The third-order valence-electron chi connectivity index (χ3n) is 0.712. The van der Waals surface area contributed by atoms with Crippen LogP contribution in [0.15, 0.2) is 0 Å². The Morgan fingerprint density at radius 2 is 1.18 bits per heavy atom. The molecule has 0 aliphatic carbocycles. The fraction of sp³-hybridized carbons (Fsp3) is 1.00. The fourth-order valence-electron chi connectivity index (χ4n) is 0.161. The molecule has 0 amide bonds. The molecule has 0 aromatic carbocycles. The van der Waals surface area contributed by atoms with Gasteiger partial charge in [-0.05, 0) is 0 Å². The van der Waals surface area contributed by atoms with E-state index in [0.717, 1.165) is 0 Å². The highest BCUT2D eigenvalue weighted by Gasteiger charge is 2.69. The van der Waals surface area contributed by atoms with Crippen LogP contribution in [0.3, 0.4) is 0 Å². The summed E-state index contributed by atoms with van der Waals surface area (Å²) in [4.78, 5) is 0. The molecule has 0 N–H and O–H groups in total. The smallest absolute Gasteiger partial charge is 0.208 e. The molecule has 0 radical (unpaired) electrons. The van der Waals surface area contributed by atoms with Crippen LogP contribution in [0, 0.1) is 0 Å². The average Bonchev–Trinajstić information content (AvgIpc) is 1.58. The summed E-state index contributed by atoms with van der Waals surface area (Å²) >= 11 is 3.92. The Labute approximate surface area is 76.0 Å². The van der Waals surface area contributed by atoms with Gasteiger partial charge in [0, 0.05) is 22.6 Å². The van der Waals surface area contributed by atoms with Gasteiger partial charge in [-0.1, -0.05) is 11.6 Å². The van der Waals surface area contributed by atoms with Crippen molar-refractivity contribution in [2.45, 2.75) is 15.2 Å². The minimum absolute atomic E-state index is 0.0157. The number of halogens is 8. The van der Waals surface area contributed by atoms with E-state index in [9.17, 15) is 26.3 Å². The van der Waals surface area contributed by atoms with E-state index in [1.54, 1.807) is 0 Å². The van der Waals surface area contributed by atoms with Gasteiger partial charge in [-0.15, -0.1) is 0 Å². The summed E-state index contributed by atoms with van der Waals surface area (Å²) in [6, 6.07) is 0. The molecule has 0 aromatic rings. The average molecular weight is 312 g/mol. The zero-order chi connectivity index (χ0) is 9.50. The van der Waals surface area contributed by atoms with Gasteiger partial charge in [-0.25, -0.2) is 4.39 Å². The van der Waals surface area contributed by atoms with Gasteiger partial charge in [0.05, 0.1) is 0 Å². The van der Waals surface area contributed by atoms with Crippen molar-refractivity contribution >= 4 is 34.2 Å². The molecule has 1 unspecified atom stereocenters. The van der Waals surface area contributed by atoms with Crippen molar-refractivity contribution < 1.29 is 26.3 Å². The zero-order valence-electron chi connectivity index (χ0n) is 4.52. The molecule has 0 fully saturated rings. The Bertz CT molecular complexity index is 129. The lowest BCUT2D eigenvalue weighted by atomic mass is 10.4. The largest absolute Gasteiger partial charge is 0.444 e. The van der Waals surface area contributed by atoms with Crippen LogP contribution in [0.25, 0.3) is 0 Å². The van der Waals surface area contributed by atoms with Crippen molar-refractivity contribution in [2.75, 3.05) is 0 Å². The Kier molecular flexibility index (Phi) is 2.98. The van der Waals surface area contributed by atoms with Gasteiger partial charge in [-0.2, -0.15) is 22.0 Å². The van der Waals surface area contributed by atoms with Gasteiger partial charge >= 0.3 is 15.2 Å². The molecule has 0 bridgehead atoms. The number of hydrogen-bond acceptors (Lipinski definition) is 0. The Morgan fingerprint density at radius 1 is 0.909 bits per heavy atom. The van der Waals surface area contributed by atoms with E-state index in [-0.39, 0.29) is 22.6 Å². The quantitative estimate of drug-likeness (QED) is 0.395. The Balaban J connectivity index is 4.75. The Morgan fingerprint density at radius 3 is 1.18 bits per heavy atom. The molecule has 1 atom stereocenters. The van der Waals surface area contributed by atoms with Gasteiger partial charge in [-0.3, -0.25) is 0 Å². The lowest BCUT2D eigenvalue weighted by Crippen LogP contribution is -2.47. The molecule has 0 saturated heterocycles. The van der Waals surface area contributed by atoms with Gasteiger partial charge in [0.1, 0.15) is 0 Å². The molecule has 0 spiro atoms. The molecular weight excluding hydrogens is 312 g/mol. The molecule has 0 nitrogen and oxygen atoms in total. The second-order valence-corrected chi connectivity index (χ2v) is 3.45. The molecule has 0 aromatic heterocycles. The molecule has 0 heterocycles. The van der Waals surface area contributed by atoms with E-state index in [2.05, 4.69) is 11.6 Å². The van der Waals surface area contributed by atoms with Gasteiger partial charge in [0.15, 0.2) is 0 Å². The molecular formula is C3ClF6I. The van der Waals surface area contributed by atoms with Crippen LogP contribution in [0.2, 0.25) is 0 Å². The van der Waals surface area contributed by atoms with Crippen LogP contribution in [0.1, 0.15) is 0 Å². The van der Waals surface area contributed by atoms with Gasteiger partial charge in [0.25, 0.3) is 0 Å². The van der Waals surface area contributed by atoms with E-state index < -0.39 is 15.2 Å². The normalized spacial score (nSPS) is 19.6. The third-order valence-corrected chi connectivity index (χ3v) is 2.23. The predicted octanol–water partition coefficient (Wildman–Crippen LogP) is 3.48. The van der Waals surface area contributed by atoms with E-state index >= 15 is 0 Å². The maximum absolute atomic E-state index is 12.0. The minimum Gasteiger partial charge on any atom is -0.208 e. The third kappa shape index (κ3) is 2.27. The van der Waals surface area contributed by atoms with Gasteiger partial charge in [0.2, 0.25) is 0 Å². The van der Waals surface area contributed by atoms with Crippen molar-refractivity contribution in [3.05, 3.63) is 0 Å². The summed E-state index contributed by atoms with van der Waals surface area (Å²) in [6.07, 6.45) is -5.78. The summed E-state index contributed by atoms with van der Waals surface area (Å²) in [5.74, 6) is 0. The highest BCUT2D eigenvalue weighted by atomic mass is 127. The lowest BCUT2D eigenvalue weighted by molar-refractivity contribution is -0.236. The molecule has 0 saturated carbocycles. The number of rotatable bonds is 1. The first-order valence-corrected chi connectivity index (χ1v) is 3.47. The van der Waals surface area contributed by atoms with E-state index in [1.807, 2.05) is 0 Å². The fourth-order valence-corrected chi connectivity index (χ4v) is 0.467. The zero-order valence-corrected chi connectivity index (χ0v) is 7.44. The van der Waals surface area contributed by atoms with Crippen LogP contribution in [-0.2, 0) is 0 Å². The van der Waals surface area contributed by atoms with Crippen molar-refractivity contribution in [3.8, 4) is 0 Å². The number of alkyl halides is 8. The van der Waals surface area contributed by atoms with Crippen molar-refractivity contribution in [3.63, 3.8) is 0 Å². The molecule has 68 valence electrons. The van der Waals surface area contributed by atoms with Gasteiger partial charge < -0.3 is 0 Å². The van der Waals surface area contributed by atoms with Crippen LogP contribution < -0.4 is 0 Å².